The highest BCUT2D eigenvalue weighted by molar-refractivity contribution is 7.10. The zero-order chi connectivity index (χ0) is 13.4. The van der Waals surface area contributed by atoms with Crippen LogP contribution in [-0.4, -0.2) is 21.1 Å². The number of benzene rings is 1. The normalized spacial score (nSPS) is 13.0. The van der Waals surface area contributed by atoms with E-state index in [1.807, 2.05) is 25.2 Å². The predicted molar refractivity (Wildman–Crippen MR) is 79.3 cm³/mol. The third kappa shape index (κ3) is 2.05. The van der Waals surface area contributed by atoms with Crippen molar-refractivity contribution in [2.75, 3.05) is 6.54 Å². The zero-order valence-corrected chi connectivity index (χ0v) is 11.8. The standard InChI is InChI=1S/C14H16N4S/c1-9(7-15)14-17-11(8-19-14)13-16-10-5-3-4-6-12(10)18(13)2/h3-6,8-9H,7,15H2,1-2H3. The Kier molecular flexibility index (Phi) is 3.08. The third-order valence-corrected chi connectivity index (χ3v) is 4.39. The smallest absolute Gasteiger partial charge is 0.160 e. The molecule has 0 aliphatic carbocycles. The van der Waals surface area contributed by atoms with Crippen molar-refractivity contribution < 1.29 is 0 Å². The van der Waals surface area contributed by atoms with Crippen LogP contribution in [-0.2, 0) is 7.05 Å². The van der Waals surface area contributed by atoms with Gasteiger partial charge in [0.2, 0.25) is 0 Å². The van der Waals surface area contributed by atoms with Gasteiger partial charge in [-0.1, -0.05) is 19.1 Å². The lowest BCUT2D eigenvalue weighted by Gasteiger charge is -2.02. The fourth-order valence-electron chi connectivity index (χ4n) is 2.09. The van der Waals surface area contributed by atoms with Gasteiger partial charge in [0, 0.05) is 24.9 Å². The Bertz CT molecular complexity index is 713. The van der Waals surface area contributed by atoms with E-state index in [-0.39, 0.29) is 0 Å². The van der Waals surface area contributed by atoms with Gasteiger partial charge in [-0.3, -0.25) is 0 Å². The molecule has 0 aliphatic rings. The molecule has 0 bridgehead atoms. The van der Waals surface area contributed by atoms with Crippen LogP contribution in [0.4, 0.5) is 0 Å². The second kappa shape index (κ2) is 4.75. The van der Waals surface area contributed by atoms with E-state index in [1.165, 1.54) is 0 Å². The van der Waals surface area contributed by atoms with Crippen LogP contribution in [0.5, 0.6) is 0 Å². The fourth-order valence-corrected chi connectivity index (χ4v) is 2.96. The van der Waals surface area contributed by atoms with Gasteiger partial charge in [-0.2, -0.15) is 0 Å². The molecule has 3 rings (SSSR count). The lowest BCUT2D eigenvalue weighted by molar-refractivity contribution is 0.765. The van der Waals surface area contributed by atoms with Crippen LogP contribution in [0.25, 0.3) is 22.6 Å². The van der Waals surface area contributed by atoms with Gasteiger partial charge in [-0.25, -0.2) is 9.97 Å². The highest BCUT2D eigenvalue weighted by Crippen LogP contribution is 2.27. The Hall–Kier alpha value is -1.72. The number of nitrogens with two attached hydrogens (primary N) is 1. The Morgan fingerprint density at radius 1 is 1.32 bits per heavy atom. The molecule has 1 aromatic carbocycles. The molecule has 2 N–H and O–H groups in total. The number of aryl methyl sites for hydroxylation is 1. The van der Waals surface area contributed by atoms with Crippen molar-refractivity contribution in [2.24, 2.45) is 12.8 Å². The number of fused-ring (bicyclic) bond motifs is 1. The number of hydrogen-bond donors (Lipinski definition) is 1. The van der Waals surface area contributed by atoms with Crippen LogP contribution in [0.1, 0.15) is 17.8 Å². The SMILES string of the molecule is CC(CN)c1nc(-c2nc3ccccc3n2C)cs1. The van der Waals surface area contributed by atoms with Gasteiger partial charge in [-0.15, -0.1) is 11.3 Å². The molecule has 2 aromatic heterocycles. The summed E-state index contributed by atoms with van der Waals surface area (Å²) in [5, 5.41) is 3.13. The molecule has 1 unspecified atom stereocenters. The van der Waals surface area contributed by atoms with Gasteiger partial charge in [-0.05, 0) is 12.1 Å². The monoisotopic (exact) mass is 272 g/mol. The second-order valence-corrected chi connectivity index (χ2v) is 5.58. The highest BCUT2D eigenvalue weighted by Gasteiger charge is 2.14. The zero-order valence-electron chi connectivity index (χ0n) is 11.0. The number of thiazole rings is 1. The molecule has 0 saturated heterocycles. The van der Waals surface area contributed by atoms with E-state index < -0.39 is 0 Å². The fraction of sp³-hybridized carbons (Fsp3) is 0.286. The number of nitrogens with zero attached hydrogens (tertiary/aromatic N) is 3. The molecule has 0 spiro atoms. The summed E-state index contributed by atoms with van der Waals surface area (Å²) in [7, 11) is 2.02. The molecule has 3 aromatic rings. The van der Waals surface area contributed by atoms with Crippen LogP contribution in [0.2, 0.25) is 0 Å². The largest absolute Gasteiger partial charge is 0.330 e. The van der Waals surface area contributed by atoms with Crippen molar-refractivity contribution in [3.63, 3.8) is 0 Å². The molecule has 2 heterocycles. The van der Waals surface area contributed by atoms with Crippen molar-refractivity contribution in [1.29, 1.82) is 0 Å². The Balaban J connectivity index is 2.09. The average Bonchev–Trinajstić information content (AvgIpc) is 3.04. The van der Waals surface area contributed by atoms with E-state index >= 15 is 0 Å². The van der Waals surface area contributed by atoms with Crippen LogP contribution >= 0.6 is 11.3 Å². The topological polar surface area (TPSA) is 56.7 Å². The first-order chi connectivity index (χ1) is 9.20. The van der Waals surface area contributed by atoms with Crippen molar-refractivity contribution in [1.82, 2.24) is 14.5 Å². The molecule has 0 aliphatic heterocycles. The summed E-state index contributed by atoms with van der Waals surface area (Å²) in [5.74, 6) is 1.21. The van der Waals surface area contributed by atoms with E-state index in [0.29, 0.717) is 12.5 Å². The molecule has 0 radical (unpaired) electrons. The maximum absolute atomic E-state index is 5.69. The lowest BCUT2D eigenvalue weighted by atomic mass is 10.2. The van der Waals surface area contributed by atoms with Crippen LogP contribution < -0.4 is 5.73 Å². The minimum Gasteiger partial charge on any atom is -0.330 e. The Morgan fingerprint density at radius 3 is 2.84 bits per heavy atom. The number of imidazole rings is 1. The van der Waals surface area contributed by atoms with E-state index in [4.69, 9.17) is 5.73 Å². The quantitative estimate of drug-likeness (QED) is 0.797. The number of rotatable bonds is 3. The van der Waals surface area contributed by atoms with E-state index in [1.54, 1.807) is 11.3 Å². The Morgan fingerprint density at radius 2 is 2.11 bits per heavy atom. The minimum absolute atomic E-state index is 0.299. The average molecular weight is 272 g/mol. The van der Waals surface area contributed by atoms with Gasteiger partial charge in [0.1, 0.15) is 5.69 Å². The van der Waals surface area contributed by atoms with Gasteiger partial charge < -0.3 is 10.3 Å². The number of hydrogen-bond acceptors (Lipinski definition) is 4. The molecule has 1 atom stereocenters. The summed E-state index contributed by atoms with van der Waals surface area (Å²) in [6.07, 6.45) is 0. The lowest BCUT2D eigenvalue weighted by Crippen LogP contribution is -2.08. The maximum Gasteiger partial charge on any atom is 0.160 e. The molecular formula is C14H16N4S. The molecule has 5 heteroatoms. The van der Waals surface area contributed by atoms with E-state index in [2.05, 4.69) is 32.9 Å². The molecule has 0 amide bonds. The summed E-state index contributed by atoms with van der Waals surface area (Å²) in [4.78, 5) is 9.32. The first-order valence-electron chi connectivity index (χ1n) is 6.28. The van der Waals surface area contributed by atoms with Crippen LogP contribution in [0.3, 0.4) is 0 Å². The van der Waals surface area contributed by atoms with Crippen LogP contribution in [0, 0.1) is 0 Å². The third-order valence-electron chi connectivity index (χ3n) is 3.31. The maximum atomic E-state index is 5.69. The van der Waals surface area contributed by atoms with Gasteiger partial charge in [0.25, 0.3) is 0 Å². The van der Waals surface area contributed by atoms with Crippen LogP contribution in [0.15, 0.2) is 29.6 Å². The summed E-state index contributed by atoms with van der Waals surface area (Å²) in [6.45, 7) is 2.72. The molecule has 19 heavy (non-hydrogen) atoms. The Labute approximate surface area is 115 Å². The minimum atomic E-state index is 0.299. The molecule has 0 fully saturated rings. The van der Waals surface area contributed by atoms with E-state index in [9.17, 15) is 0 Å². The van der Waals surface area contributed by atoms with E-state index in [0.717, 1.165) is 27.6 Å². The van der Waals surface area contributed by atoms with Gasteiger partial charge in [0.15, 0.2) is 5.82 Å². The highest BCUT2D eigenvalue weighted by atomic mass is 32.1. The summed E-state index contributed by atoms with van der Waals surface area (Å²) < 4.78 is 2.08. The molecule has 98 valence electrons. The van der Waals surface area contributed by atoms with Crippen molar-refractivity contribution in [3.8, 4) is 11.5 Å². The first kappa shape index (κ1) is 12.3. The summed E-state index contributed by atoms with van der Waals surface area (Å²) >= 11 is 1.65. The second-order valence-electron chi connectivity index (χ2n) is 4.69. The van der Waals surface area contributed by atoms with Crippen molar-refractivity contribution in [3.05, 3.63) is 34.7 Å². The summed E-state index contributed by atoms with van der Waals surface area (Å²) in [5.41, 5.74) is 8.74. The first-order valence-corrected chi connectivity index (χ1v) is 7.16. The summed E-state index contributed by atoms with van der Waals surface area (Å²) in [6, 6.07) is 8.12. The molecule has 4 nitrogen and oxygen atoms in total. The van der Waals surface area contributed by atoms with Crippen molar-refractivity contribution in [2.45, 2.75) is 12.8 Å². The number of aromatic nitrogens is 3. The van der Waals surface area contributed by atoms with Gasteiger partial charge >= 0.3 is 0 Å². The molecular weight excluding hydrogens is 256 g/mol. The molecule has 0 saturated carbocycles. The predicted octanol–water partition coefficient (Wildman–Crippen LogP) is 2.76. The number of para-hydroxylation sites is 2. The van der Waals surface area contributed by atoms with Gasteiger partial charge in [0.05, 0.1) is 16.0 Å². The van der Waals surface area contributed by atoms with Crippen molar-refractivity contribution >= 4 is 22.4 Å².